The first-order valence-electron chi connectivity index (χ1n) is 5.96. The molecular weight excluding hydrogens is 256 g/mol. The molecule has 1 aromatic rings. The molecule has 0 aromatic heterocycles. The monoisotopic (exact) mass is 272 g/mol. The van der Waals surface area contributed by atoms with Crippen molar-refractivity contribution in [2.45, 2.75) is 6.92 Å². The number of carbonyl (C=O) groups excluding carboxylic acids is 1. The van der Waals surface area contributed by atoms with Crippen LogP contribution < -0.4 is 4.74 Å². The number of ketones is 1. The van der Waals surface area contributed by atoms with E-state index in [-0.39, 0.29) is 16.9 Å². The summed E-state index contributed by atoms with van der Waals surface area (Å²) < 4.78 is 5.04. The van der Waals surface area contributed by atoms with E-state index >= 15 is 0 Å². The second-order valence-corrected chi connectivity index (χ2v) is 3.90. The average Bonchev–Trinajstić information content (AvgIpc) is 2.45. The van der Waals surface area contributed by atoms with Crippen LogP contribution in [-0.4, -0.2) is 24.0 Å². The van der Waals surface area contributed by atoms with Gasteiger partial charge in [-0.1, -0.05) is 30.9 Å². The standard InChI is InChI=1S/C16H16O4/c1-4-6-11(7-5-2)15(17)14-10-12(20-3)8-9-13(14)16(18)19/h4-10H,1H2,2-3H3,(H,18,19)/b7-5-,11-6+. The van der Waals surface area contributed by atoms with E-state index in [1.54, 1.807) is 19.1 Å². The van der Waals surface area contributed by atoms with Crippen molar-refractivity contribution in [3.63, 3.8) is 0 Å². The molecule has 1 rings (SSSR count). The third kappa shape index (κ3) is 3.45. The van der Waals surface area contributed by atoms with Gasteiger partial charge in [0.25, 0.3) is 0 Å². The fourth-order valence-electron chi connectivity index (χ4n) is 1.69. The van der Waals surface area contributed by atoms with E-state index in [9.17, 15) is 9.59 Å². The van der Waals surface area contributed by atoms with Crippen LogP contribution in [0, 0.1) is 0 Å². The Labute approximate surface area is 117 Å². The Hall–Kier alpha value is -2.62. The number of rotatable bonds is 6. The van der Waals surface area contributed by atoms with Crippen molar-refractivity contribution >= 4 is 11.8 Å². The van der Waals surface area contributed by atoms with E-state index in [0.717, 1.165) is 0 Å². The summed E-state index contributed by atoms with van der Waals surface area (Å²) in [6, 6.07) is 4.29. The van der Waals surface area contributed by atoms with Crippen molar-refractivity contribution < 1.29 is 19.4 Å². The molecule has 0 unspecified atom stereocenters. The lowest BCUT2D eigenvalue weighted by Gasteiger charge is -2.08. The lowest BCUT2D eigenvalue weighted by atomic mass is 9.97. The van der Waals surface area contributed by atoms with Gasteiger partial charge in [0.05, 0.1) is 12.7 Å². The molecule has 1 aromatic carbocycles. The van der Waals surface area contributed by atoms with Crippen LogP contribution in [0.3, 0.4) is 0 Å². The summed E-state index contributed by atoms with van der Waals surface area (Å²) in [7, 11) is 1.45. The van der Waals surface area contributed by atoms with E-state index < -0.39 is 5.97 Å². The van der Waals surface area contributed by atoms with Gasteiger partial charge in [0.2, 0.25) is 0 Å². The Balaban J connectivity index is 3.42. The topological polar surface area (TPSA) is 63.6 Å². The highest BCUT2D eigenvalue weighted by Gasteiger charge is 2.19. The number of allylic oxidation sites excluding steroid dienone is 5. The Morgan fingerprint density at radius 2 is 2.00 bits per heavy atom. The summed E-state index contributed by atoms with van der Waals surface area (Å²) in [5.74, 6) is -1.12. The Morgan fingerprint density at radius 1 is 1.30 bits per heavy atom. The second-order valence-electron chi connectivity index (χ2n) is 3.90. The predicted octanol–water partition coefficient (Wildman–Crippen LogP) is 3.26. The number of hydrogen-bond donors (Lipinski definition) is 1. The molecule has 0 aliphatic heterocycles. The predicted molar refractivity (Wildman–Crippen MR) is 77.4 cm³/mol. The quantitative estimate of drug-likeness (QED) is 0.490. The van der Waals surface area contributed by atoms with Crippen LogP contribution in [0.25, 0.3) is 0 Å². The highest BCUT2D eigenvalue weighted by molar-refractivity contribution is 6.15. The Bertz CT molecular complexity index is 594. The zero-order valence-corrected chi connectivity index (χ0v) is 11.4. The number of Topliss-reactive ketones (excluding diaryl/α,β-unsaturated/α-hetero) is 1. The molecule has 4 nitrogen and oxygen atoms in total. The molecule has 0 aliphatic rings. The SMILES string of the molecule is C=C/C=C(\C=C/C)C(=O)c1cc(OC)ccc1C(=O)O. The molecule has 0 atom stereocenters. The van der Waals surface area contributed by atoms with Gasteiger partial charge in [0, 0.05) is 11.1 Å². The number of carboxylic acids is 1. The first kappa shape index (κ1) is 15.4. The molecule has 1 N–H and O–H groups in total. The molecule has 0 saturated carbocycles. The van der Waals surface area contributed by atoms with Crippen LogP contribution >= 0.6 is 0 Å². The fraction of sp³-hybridized carbons (Fsp3) is 0.125. The zero-order valence-electron chi connectivity index (χ0n) is 11.4. The third-order valence-corrected chi connectivity index (χ3v) is 2.61. The Morgan fingerprint density at radius 3 is 2.50 bits per heavy atom. The van der Waals surface area contributed by atoms with Gasteiger partial charge < -0.3 is 9.84 Å². The Kier molecular flexibility index (Phi) is 5.47. The van der Waals surface area contributed by atoms with E-state index in [0.29, 0.717) is 11.3 Å². The van der Waals surface area contributed by atoms with Crippen LogP contribution in [0.15, 0.2) is 54.7 Å². The molecule has 104 valence electrons. The smallest absolute Gasteiger partial charge is 0.336 e. The maximum absolute atomic E-state index is 12.4. The van der Waals surface area contributed by atoms with E-state index in [2.05, 4.69) is 6.58 Å². The van der Waals surface area contributed by atoms with Crippen molar-refractivity contribution in [2.24, 2.45) is 0 Å². The maximum Gasteiger partial charge on any atom is 0.336 e. The first-order chi connectivity index (χ1) is 9.54. The van der Waals surface area contributed by atoms with Crippen molar-refractivity contribution in [1.29, 1.82) is 0 Å². The van der Waals surface area contributed by atoms with Gasteiger partial charge in [-0.3, -0.25) is 4.79 Å². The molecule has 0 saturated heterocycles. The largest absolute Gasteiger partial charge is 0.497 e. The second kappa shape index (κ2) is 7.09. The molecule has 0 fully saturated rings. The van der Waals surface area contributed by atoms with E-state index in [4.69, 9.17) is 9.84 Å². The van der Waals surface area contributed by atoms with Crippen LogP contribution in [0.1, 0.15) is 27.6 Å². The minimum Gasteiger partial charge on any atom is -0.497 e. The molecule has 4 heteroatoms. The fourth-order valence-corrected chi connectivity index (χ4v) is 1.69. The van der Waals surface area contributed by atoms with Crippen LogP contribution in [0.4, 0.5) is 0 Å². The van der Waals surface area contributed by atoms with Crippen LogP contribution in [-0.2, 0) is 0 Å². The van der Waals surface area contributed by atoms with Crippen molar-refractivity contribution in [1.82, 2.24) is 0 Å². The summed E-state index contributed by atoms with van der Waals surface area (Å²) in [6.07, 6.45) is 6.32. The highest BCUT2D eigenvalue weighted by atomic mass is 16.5. The molecule has 0 aliphatic carbocycles. The number of carboxylic acid groups (broad SMARTS) is 1. The molecule has 0 heterocycles. The maximum atomic E-state index is 12.4. The number of hydrogen-bond acceptors (Lipinski definition) is 3. The summed E-state index contributed by atoms with van der Waals surface area (Å²) in [6.45, 7) is 5.32. The van der Waals surface area contributed by atoms with Gasteiger partial charge in [0.1, 0.15) is 5.75 Å². The van der Waals surface area contributed by atoms with Crippen LogP contribution in [0.5, 0.6) is 5.75 Å². The van der Waals surface area contributed by atoms with Gasteiger partial charge >= 0.3 is 5.97 Å². The normalized spacial score (nSPS) is 11.4. The van der Waals surface area contributed by atoms with Gasteiger partial charge in [-0.25, -0.2) is 4.79 Å². The van der Waals surface area contributed by atoms with Gasteiger partial charge in [-0.15, -0.1) is 0 Å². The molecule has 0 amide bonds. The summed E-state index contributed by atoms with van der Waals surface area (Å²) in [4.78, 5) is 23.6. The number of aromatic carboxylic acids is 1. The van der Waals surface area contributed by atoms with Crippen molar-refractivity contribution in [3.8, 4) is 5.75 Å². The van der Waals surface area contributed by atoms with Gasteiger partial charge in [0.15, 0.2) is 5.78 Å². The van der Waals surface area contributed by atoms with Gasteiger partial charge in [-0.2, -0.15) is 0 Å². The summed E-state index contributed by atoms with van der Waals surface area (Å²) in [5.41, 5.74) is 0.386. The van der Waals surface area contributed by atoms with E-state index in [1.807, 2.05) is 0 Å². The lowest BCUT2D eigenvalue weighted by Crippen LogP contribution is -2.10. The van der Waals surface area contributed by atoms with Crippen LogP contribution in [0.2, 0.25) is 0 Å². The van der Waals surface area contributed by atoms with Crippen molar-refractivity contribution in [3.05, 3.63) is 65.8 Å². The zero-order chi connectivity index (χ0) is 15.1. The number of ether oxygens (including phenoxy) is 1. The van der Waals surface area contributed by atoms with Gasteiger partial charge in [-0.05, 0) is 25.1 Å². The minimum absolute atomic E-state index is 0.0599. The number of methoxy groups -OCH3 is 1. The molecule has 0 spiro atoms. The summed E-state index contributed by atoms with van der Waals surface area (Å²) in [5, 5.41) is 9.17. The van der Waals surface area contributed by atoms with E-state index in [1.165, 1.54) is 37.5 Å². The highest BCUT2D eigenvalue weighted by Crippen LogP contribution is 2.21. The first-order valence-corrected chi connectivity index (χ1v) is 5.96. The summed E-state index contributed by atoms with van der Waals surface area (Å²) >= 11 is 0. The number of benzene rings is 1. The molecule has 0 bridgehead atoms. The molecule has 20 heavy (non-hydrogen) atoms. The lowest BCUT2D eigenvalue weighted by molar-refractivity contribution is 0.0692. The average molecular weight is 272 g/mol. The minimum atomic E-state index is -1.16. The number of carbonyl (C=O) groups is 2. The molecule has 0 radical (unpaired) electrons. The third-order valence-electron chi connectivity index (χ3n) is 2.61. The van der Waals surface area contributed by atoms with Crippen molar-refractivity contribution in [2.75, 3.05) is 7.11 Å². The molecular formula is C16H16O4.